The van der Waals surface area contributed by atoms with Crippen molar-refractivity contribution in [2.45, 2.75) is 13.0 Å². The average Bonchev–Trinajstić information content (AvgIpc) is 2.82. The fourth-order valence-electron chi connectivity index (χ4n) is 3.38. The van der Waals surface area contributed by atoms with Crippen molar-refractivity contribution < 1.29 is 4.74 Å². The van der Waals surface area contributed by atoms with Crippen LogP contribution in [0.15, 0.2) is 88.8 Å². The summed E-state index contributed by atoms with van der Waals surface area (Å²) in [6.07, 6.45) is 2.42. The number of anilines is 1. The minimum Gasteiger partial charge on any atom is -0.385 e. The van der Waals surface area contributed by atoms with Gasteiger partial charge in [-0.3, -0.25) is 9.36 Å². The Balaban J connectivity index is 1.55. The van der Waals surface area contributed by atoms with Crippen molar-refractivity contribution >= 4 is 23.1 Å². The van der Waals surface area contributed by atoms with Gasteiger partial charge in [0.05, 0.1) is 17.1 Å². The maximum absolute atomic E-state index is 12.9. The molecule has 0 aliphatic heterocycles. The molecule has 1 N–H and O–H groups in total. The Morgan fingerprint density at radius 1 is 0.968 bits per heavy atom. The predicted molar refractivity (Wildman–Crippen MR) is 126 cm³/mol. The first kappa shape index (κ1) is 20.5. The molecule has 6 nitrogen and oxygen atoms in total. The lowest BCUT2D eigenvalue weighted by atomic mass is 10.0. The Kier molecular flexibility index (Phi) is 6.50. The van der Waals surface area contributed by atoms with Crippen LogP contribution in [-0.2, 0) is 11.3 Å². The summed E-state index contributed by atoms with van der Waals surface area (Å²) in [4.78, 5) is 17.5. The number of hydrogen-bond donors (Lipinski definition) is 1. The van der Waals surface area contributed by atoms with Crippen LogP contribution in [0.3, 0.4) is 0 Å². The van der Waals surface area contributed by atoms with Gasteiger partial charge in [-0.1, -0.05) is 66.7 Å². The SMILES string of the molecule is COCCCn1c(N/N=C\c2ccc(-c3ccccc3)cc2)nc2ccccc2c1=O. The van der Waals surface area contributed by atoms with Crippen molar-refractivity contribution in [3.8, 4) is 11.1 Å². The second kappa shape index (κ2) is 9.82. The fraction of sp³-hybridized carbons (Fsp3) is 0.160. The molecule has 0 radical (unpaired) electrons. The number of methoxy groups -OCH3 is 1. The zero-order valence-electron chi connectivity index (χ0n) is 17.4. The van der Waals surface area contributed by atoms with Gasteiger partial charge in [-0.05, 0) is 35.2 Å². The molecule has 156 valence electrons. The molecule has 0 spiro atoms. The van der Waals surface area contributed by atoms with E-state index in [1.807, 2.05) is 48.5 Å². The molecule has 3 aromatic carbocycles. The highest BCUT2D eigenvalue weighted by molar-refractivity contribution is 5.82. The van der Waals surface area contributed by atoms with E-state index in [1.165, 1.54) is 5.56 Å². The molecule has 0 saturated carbocycles. The molecule has 0 atom stereocenters. The van der Waals surface area contributed by atoms with E-state index in [0.717, 1.165) is 11.1 Å². The van der Waals surface area contributed by atoms with E-state index in [4.69, 9.17) is 4.74 Å². The first-order valence-corrected chi connectivity index (χ1v) is 10.2. The van der Waals surface area contributed by atoms with Gasteiger partial charge in [0, 0.05) is 20.3 Å². The highest BCUT2D eigenvalue weighted by Crippen LogP contribution is 2.18. The Hall–Kier alpha value is -3.77. The molecule has 0 saturated heterocycles. The zero-order valence-corrected chi connectivity index (χ0v) is 17.4. The number of rotatable bonds is 8. The molecule has 0 aliphatic rings. The van der Waals surface area contributed by atoms with E-state index >= 15 is 0 Å². The monoisotopic (exact) mass is 412 g/mol. The van der Waals surface area contributed by atoms with E-state index in [9.17, 15) is 4.79 Å². The topological polar surface area (TPSA) is 68.5 Å². The van der Waals surface area contributed by atoms with Crippen molar-refractivity contribution in [1.29, 1.82) is 0 Å². The summed E-state index contributed by atoms with van der Waals surface area (Å²) in [6, 6.07) is 25.7. The van der Waals surface area contributed by atoms with Crippen molar-refractivity contribution in [3.05, 3.63) is 94.8 Å². The van der Waals surface area contributed by atoms with Crippen LogP contribution in [0.25, 0.3) is 22.0 Å². The van der Waals surface area contributed by atoms with Gasteiger partial charge >= 0.3 is 0 Å². The summed E-state index contributed by atoms with van der Waals surface area (Å²) in [5, 5.41) is 4.91. The van der Waals surface area contributed by atoms with E-state index < -0.39 is 0 Å². The van der Waals surface area contributed by atoms with E-state index in [1.54, 1.807) is 24.0 Å². The minimum absolute atomic E-state index is 0.0911. The maximum atomic E-state index is 12.9. The van der Waals surface area contributed by atoms with Crippen LogP contribution in [0, 0.1) is 0 Å². The maximum Gasteiger partial charge on any atom is 0.262 e. The predicted octanol–water partition coefficient (Wildman–Crippen LogP) is 4.55. The molecule has 0 bridgehead atoms. The van der Waals surface area contributed by atoms with Crippen LogP contribution in [0.4, 0.5) is 5.95 Å². The van der Waals surface area contributed by atoms with Crippen LogP contribution >= 0.6 is 0 Å². The first-order valence-electron chi connectivity index (χ1n) is 10.2. The molecule has 31 heavy (non-hydrogen) atoms. The second-order valence-electron chi connectivity index (χ2n) is 7.11. The summed E-state index contributed by atoms with van der Waals surface area (Å²) >= 11 is 0. The molecule has 0 unspecified atom stereocenters. The molecular weight excluding hydrogens is 388 g/mol. The van der Waals surface area contributed by atoms with Crippen molar-refractivity contribution in [2.24, 2.45) is 5.10 Å². The second-order valence-corrected chi connectivity index (χ2v) is 7.11. The number of ether oxygens (including phenoxy) is 1. The quantitative estimate of drug-likeness (QED) is 0.262. The summed E-state index contributed by atoms with van der Waals surface area (Å²) in [5.74, 6) is 0.414. The molecule has 4 aromatic rings. The summed E-state index contributed by atoms with van der Waals surface area (Å²) in [5.41, 5.74) is 6.76. The third-order valence-corrected chi connectivity index (χ3v) is 4.99. The number of hydrazone groups is 1. The normalized spacial score (nSPS) is 11.3. The Bertz CT molecular complexity index is 1230. The van der Waals surface area contributed by atoms with Gasteiger partial charge < -0.3 is 4.74 Å². The molecule has 0 fully saturated rings. The number of hydrogen-bond acceptors (Lipinski definition) is 5. The van der Waals surface area contributed by atoms with Crippen molar-refractivity contribution in [2.75, 3.05) is 19.1 Å². The van der Waals surface area contributed by atoms with E-state index in [2.05, 4.69) is 39.8 Å². The molecule has 0 aliphatic carbocycles. The Morgan fingerprint density at radius 3 is 2.45 bits per heavy atom. The molecule has 6 heteroatoms. The van der Waals surface area contributed by atoms with Gasteiger partial charge in [0.15, 0.2) is 0 Å². The number of nitrogens with one attached hydrogen (secondary N) is 1. The number of para-hydroxylation sites is 1. The van der Waals surface area contributed by atoms with Crippen LogP contribution in [-0.4, -0.2) is 29.5 Å². The van der Waals surface area contributed by atoms with Crippen molar-refractivity contribution in [3.63, 3.8) is 0 Å². The lowest BCUT2D eigenvalue weighted by Crippen LogP contribution is -2.24. The lowest BCUT2D eigenvalue weighted by molar-refractivity contribution is 0.190. The number of nitrogens with zero attached hydrogens (tertiary/aromatic N) is 3. The van der Waals surface area contributed by atoms with Crippen LogP contribution < -0.4 is 11.0 Å². The number of aromatic nitrogens is 2. The fourth-order valence-corrected chi connectivity index (χ4v) is 3.38. The molecule has 1 aromatic heterocycles. The third kappa shape index (κ3) is 4.87. The largest absolute Gasteiger partial charge is 0.385 e. The van der Waals surface area contributed by atoms with Gasteiger partial charge in [0.25, 0.3) is 5.56 Å². The van der Waals surface area contributed by atoms with Gasteiger partial charge in [-0.15, -0.1) is 0 Å². The molecule has 4 rings (SSSR count). The Labute approximate surface area is 180 Å². The highest BCUT2D eigenvalue weighted by Gasteiger charge is 2.10. The van der Waals surface area contributed by atoms with Gasteiger partial charge in [-0.2, -0.15) is 5.10 Å². The third-order valence-electron chi connectivity index (χ3n) is 4.99. The average molecular weight is 412 g/mol. The molecule has 1 heterocycles. The van der Waals surface area contributed by atoms with Crippen LogP contribution in [0.5, 0.6) is 0 Å². The van der Waals surface area contributed by atoms with Crippen molar-refractivity contribution in [1.82, 2.24) is 9.55 Å². The summed E-state index contributed by atoms with van der Waals surface area (Å²) in [6.45, 7) is 1.06. The molecular formula is C25H24N4O2. The van der Waals surface area contributed by atoms with Crippen LogP contribution in [0.1, 0.15) is 12.0 Å². The zero-order chi connectivity index (χ0) is 21.5. The highest BCUT2D eigenvalue weighted by atomic mass is 16.5. The van der Waals surface area contributed by atoms with E-state index in [-0.39, 0.29) is 5.56 Å². The lowest BCUT2D eigenvalue weighted by Gasteiger charge is -2.12. The van der Waals surface area contributed by atoms with Gasteiger partial charge in [0.1, 0.15) is 0 Å². The number of fused-ring (bicyclic) bond motifs is 1. The summed E-state index contributed by atoms with van der Waals surface area (Å²) < 4.78 is 6.73. The van der Waals surface area contributed by atoms with Gasteiger partial charge in [0.2, 0.25) is 5.95 Å². The minimum atomic E-state index is -0.0911. The smallest absolute Gasteiger partial charge is 0.262 e. The van der Waals surface area contributed by atoms with E-state index in [0.29, 0.717) is 36.4 Å². The standard InChI is InChI=1S/C25H24N4O2/c1-31-17-7-16-29-24(30)22-10-5-6-11-23(22)27-25(29)28-26-18-19-12-14-21(15-13-19)20-8-3-2-4-9-20/h2-6,8-15,18H,7,16-17H2,1H3,(H,27,28)/b26-18-. The Morgan fingerprint density at radius 2 is 1.68 bits per heavy atom. The number of benzene rings is 3. The first-order chi connectivity index (χ1) is 15.3. The van der Waals surface area contributed by atoms with Crippen LogP contribution in [0.2, 0.25) is 0 Å². The van der Waals surface area contributed by atoms with Gasteiger partial charge in [-0.25, -0.2) is 10.4 Å². The molecule has 0 amide bonds. The summed E-state index contributed by atoms with van der Waals surface area (Å²) in [7, 11) is 1.65.